The molecule has 6 rings (SSSR count). The van der Waals surface area contributed by atoms with Gasteiger partial charge in [0.2, 0.25) is 18.3 Å². The summed E-state index contributed by atoms with van der Waals surface area (Å²) < 4.78 is 33.7. The fourth-order valence-corrected chi connectivity index (χ4v) is 5.69. The molecule has 3 atom stereocenters. The summed E-state index contributed by atoms with van der Waals surface area (Å²) in [5.41, 5.74) is 3.02. The van der Waals surface area contributed by atoms with Crippen molar-refractivity contribution in [3.8, 4) is 34.5 Å². The van der Waals surface area contributed by atoms with E-state index >= 15 is 0 Å². The van der Waals surface area contributed by atoms with Crippen LogP contribution in [0.1, 0.15) is 28.2 Å². The number of hydrogen-bond donors (Lipinski definition) is 1. The number of methoxy groups -OCH3 is 2. The number of cyclic esters (lactones) is 1. The average Bonchev–Trinajstić information content (AvgIpc) is 3.55. The van der Waals surface area contributed by atoms with E-state index in [0.717, 1.165) is 16.7 Å². The van der Waals surface area contributed by atoms with E-state index in [2.05, 4.69) is 0 Å². The first-order valence-corrected chi connectivity index (χ1v) is 12.3. The van der Waals surface area contributed by atoms with E-state index in [-0.39, 0.29) is 49.0 Å². The van der Waals surface area contributed by atoms with Crippen LogP contribution >= 0.6 is 0 Å². The molecule has 1 aliphatic carbocycles. The van der Waals surface area contributed by atoms with Gasteiger partial charge in [-0.1, -0.05) is 30.3 Å². The lowest BCUT2D eigenvalue weighted by Gasteiger charge is -2.34. The molecule has 1 fully saturated rings. The monoisotopic (exact) mass is 518 g/mol. The van der Waals surface area contributed by atoms with Crippen molar-refractivity contribution in [3.05, 3.63) is 70.8 Å². The molecule has 3 aromatic carbocycles. The van der Waals surface area contributed by atoms with Crippen LogP contribution in [-0.4, -0.2) is 44.7 Å². The van der Waals surface area contributed by atoms with Crippen LogP contribution in [0.4, 0.5) is 0 Å². The van der Waals surface area contributed by atoms with Gasteiger partial charge in [0.25, 0.3) is 0 Å². The van der Waals surface area contributed by atoms with Gasteiger partial charge in [-0.15, -0.1) is 0 Å². The Morgan fingerprint density at radius 2 is 1.76 bits per heavy atom. The van der Waals surface area contributed by atoms with Gasteiger partial charge in [0, 0.05) is 17.4 Å². The Morgan fingerprint density at radius 1 is 1.03 bits per heavy atom. The van der Waals surface area contributed by atoms with Crippen molar-refractivity contribution in [2.24, 2.45) is 11.8 Å². The molecule has 0 unspecified atom stereocenters. The highest BCUT2D eigenvalue weighted by Gasteiger charge is 2.49. The van der Waals surface area contributed by atoms with E-state index in [4.69, 9.17) is 28.4 Å². The van der Waals surface area contributed by atoms with Crippen molar-refractivity contribution < 1.29 is 43.1 Å². The molecular weight excluding hydrogens is 492 g/mol. The third-order valence-electron chi connectivity index (χ3n) is 7.41. The number of aromatic hydroxyl groups is 1. The number of benzene rings is 3. The van der Waals surface area contributed by atoms with Crippen LogP contribution in [0.15, 0.2) is 48.5 Å². The zero-order valence-electron chi connectivity index (χ0n) is 20.9. The highest BCUT2D eigenvalue weighted by molar-refractivity contribution is 5.81. The fourth-order valence-electron chi connectivity index (χ4n) is 5.69. The van der Waals surface area contributed by atoms with Crippen LogP contribution in [0.25, 0.3) is 0 Å². The molecule has 0 aromatic heterocycles. The number of fused-ring (bicyclic) bond motifs is 3. The number of phenols is 1. The van der Waals surface area contributed by atoms with E-state index in [0.29, 0.717) is 29.2 Å². The molecule has 38 heavy (non-hydrogen) atoms. The van der Waals surface area contributed by atoms with Crippen LogP contribution in [0.2, 0.25) is 0 Å². The first-order chi connectivity index (χ1) is 18.5. The van der Waals surface area contributed by atoms with E-state index in [9.17, 15) is 14.7 Å². The highest BCUT2D eigenvalue weighted by Crippen LogP contribution is 2.56. The molecule has 9 heteroatoms. The van der Waals surface area contributed by atoms with E-state index < -0.39 is 17.8 Å². The number of ether oxygens (including phenoxy) is 6. The summed E-state index contributed by atoms with van der Waals surface area (Å²) in [5, 5.41) is 10.5. The summed E-state index contributed by atoms with van der Waals surface area (Å²) in [5.74, 6) is -0.500. The lowest BCUT2D eigenvalue weighted by molar-refractivity contribution is -0.141. The molecule has 3 aromatic rings. The fraction of sp³-hybridized carbons (Fsp3) is 0.310. The minimum atomic E-state index is -0.497. The Labute approximate surface area is 218 Å². The Hall–Kier alpha value is -4.40. The summed E-state index contributed by atoms with van der Waals surface area (Å²) in [6, 6.07) is 14.5. The maximum Gasteiger partial charge on any atom is 0.315 e. The lowest BCUT2D eigenvalue weighted by atomic mass is 9.67. The Bertz CT molecular complexity index is 1390. The second kappa shape index (κ2) is 9.48. The van der Waals surface area contributed by atoms with Crippen LogP contribution in [0, 0.1) is 11.8 Å². The Kier molecular flexibility index (Phi) is 5.98. The lowest BCUT2D eigenvalue weighted by Crippen LogP contribution is -2.32. The molecule has 0 radical (unpaired) electrons. The molecule has 0 saturated carbocycles. The molecular formula is C29H26O9. The van der Waals surface area contributed by atoms with Gasteiger partial charge in [-0.2, -0.15) is 0 Å². The van der Waals surface area contributed by atoms with Gasteiger partial charge in [-0.05, 0) is 41.3 Å². The summed E-state index contributed by atoms with van der Waals surface area (Å²) in [7, 11) is 2.89. The Morgan fingerprint density at radius 3 is 2.47 bits per heavy atom. The summed E-state index contributed by atoms with van der Waals surface area (Å²) in [6.45, 7) is 0.236. The number of carbonyl (C=O) groups is 2. The topological polar surface area (TPSA) is 110 Å². The predicted molar refractivity (Wildman–Crippen MR) is 133 cm³/mol. The standard InChI is InChI=1S/C29H26O9/c1-33-20-10-16(11-21(34-2)26(20)31)24-18-12-22-28(37-14-36-22)27(19(18)9-17-13-35-29(32)25(17)24)38-23(30)8-15-6-4-3-5-7-15/h3-7,10-12,17,24-25,31H,8-9,13-14H2,1-2H3/t17-,24+,25-/m0/s1. The number of rotatable bonds is 6. The second-order valence-electron chi connectivity index (χ2n) is 9.52. The molecule has 1 N–H and O–H groups in total. The zero-order valence-corrected chi connectivity index (χ0v) is 20.9. The molecule has 2 heterocycles. The summed E-state index contributed by atoms with van der Waals surface area (Å²) >= 11 is 0. The SMILES string of the molecule is COc1cc([C@@H]2c3cc4c(c(OC(=O)Cc5ccccc5)c3C[C@H]3COC(=O)[C@@H]32)OCO4)cc(OC)c1O. The van der Waals surface area contributed by atoms with Gasteiger partial charge < -0.3 is 33.5 Å². The zero-order chi connectivity index (χ0) is 26.4. The minimum absolute atomic E-state index is 0.0120. The van der Waals surface area contributed by atoms with Crippen LogP contribution < -0.4 is 23.7 Å². The molecule has 3 aliphatic rings. The third-order valence-corrected chi connectivity index (χ3v) is 7.41. The molecule has 0 bridgehead atoms. The summed E-state index contributed by atoms with van der Waals surface area (Å²) in [4.78, 5) is 26.0. The first-order valence-electron chi connectivity index (χ1n) is 12.3. The molecule has 196 valence electrons. The van der Waals surface area contributed by atoms with Crippen molar-refractivity contribution in [2.45, 2.75) is 18.8 Å². The van der Waals surface area contributed by atoms with E-state index in [1.54, 1.807) is 12.1 Å². The number of phenolic OH excluding ortho intramolecular Hbond substituents is 1. The molecule has 9 nitrogen and oxygen atoms in total. The van der Waals surface area contributed by atoms with Crippen molar-refractivity contribution >= 4 is 11.9 Å². The smallest absolute Gasteiger partial charge is 0.315 e. The third kappa shape index (κ3) is 3.95. The number of esters is 2. The van der Waals surface area contributed by atoms with Gasteiger partial charge in [-0.25, -0.2) is 0 Å². The van der Waals surface area contributed by atoms with Crippen molar-refractivity contribution in [1.82, 2.24) is 0 Å². The van der Waals surface area contributed by atoms with E-state index in [1.165, 1.54) is 14.2 Å². The average molecular weight is 519 g/mol. The Balaban J connectivity index is 1.49. The number of carbonyl (C=O) groups excluding carboxylic acids is 2. The normalized spacial score (nSPS) is 20.8. The highest BCUT2D eigenvalue weighted by atomic mass is 16.7. The van der Waals surface area contributed by atoms with Gasteiger partial charge in [-0.3, -0.25) is 9.59 Å². The molecule has 0 amide bonds. The van der Waals surface area contributed by atoms with Crippen LogP contribution in [-0.2, 0) is 27.2 Å². The molecule has 0 spiro atoms. The first kappa shape index (κ1) is 24.0. The van der Waals surface area contributed by atoms with Crippen molar-refractivity contribution in [2.75, 3.05) is 27.6 Å². The van der Waals surface area contributed by atoms with Gasteiger partial charge in [0.1, 0.15) is 0 Å². The second-order valence-corrected chi connectivity index (χ2v) is 9.52. The van der Waals surface area contributed by atoms with Gasteiger partial charge in [0.05, 0.1) is 33.2 Å². The van der Waals surface area contributed by atoms with Gasteiger partial charge in [0.15, 0.2) is 23.0 Å². The molecule has 1 saturated heterocycles. The van der Waals surface area contributed by atoms with Crippen molar-refractivity contribution in [1.29, 1.82) is 0 Å². The maximum absolute atomic E-state index is 13.0. The van der Waals surface area contributed by atoms with E-state index in [1.807, 2.05) is 36.4 Å². The minimum Gasteiger partial charge on any atom is -0.502 e. The predicted octanol–water partition coefficient (Wildman–Crippen LogP) is 3.76. The van der Waals surface area contributed by atoms with Gasteiger partial charge >= 0.3 is 11.9 Å². The van der Waals surface area contributed by atoms with Crippen LogP contribution in [0.3, 0.4) is 0 Å². The number of hydrogen-bond acceptors (Lipinski definition) is 9. The van der Waals surface area contributed by atoms with Crippen LogP contribution in [0.5, 0.6) is 34.5 Å². The maximum atomic E-state index is 13.0. The molecule has 2 aliphatic heterocycles. The summed E-state index contributed by atoms with van der Waals surface area (Å²) in [6.07, 6.45) is 0.544. The largest absolute Gasteiger partial charge is 0.502 e. The van der Waals surface area contributed by atoms with Crippen molar-refractivity contribution in [3.63, 3.8) is 0 Å². The quantitative estimate of drug-likeness (QED) is 0.385.